The third-order valence-electron chi connectivity index (χ3n) is 4.11. The van der Waals surface area contributed by atoms with Crippen molar-refractivity contribution >= 4 is 17.6 Å². The van der Waals surface area contributed by atoms with E-state index in [0.29, 0.717) is 25.9 Å². The molecule has 126 valence electrons. The maximum Gasteiger partial charge on any atom is 0.315 e. The van der Waals surface area contributed by atoms with E-state index in [-0.39, 0.29) is 18.0 Å². The molecule has 0 bridgehead atoms. The number of nitrogens with one attached hydrogen (secondary N) is 2. The third-order valence-corrected chi connectivity index (χ3v) is 4.11. The summed E-state index contributed by atoms with van der Waals surface area (Å²) in [5.74, 6) is 0.143. The van der Waals surface area contributed by atoms with E-state index in [0.717, 1.165) is 12.1 Å². The van der Waals surface area contributed by atoms with E-state index in [2.05, 4.69) is 39.8 Å². The Morgan fingerprint density at radius 1 is 1.30 bits per heavy atom. The van der Waals surface area contributed by atoms with Crippen LogP contribution in [0.25, 0.3) is 0 Å². The molecule has 1 aromatic carbocycles. The number of carbonyl (C=O) groups is 2. The molecular formula is C17H26N4O2. The van der Waals surface area contributed by atoms with Gasteiger partial charge in [0.25, 0.3) is 0 Å². The van der Waals surface area contributed by atoms with Gasteiger partial charge in [-0.25, -0.2) is 4.79 Å². The number of urea groups is 1. The number of anilines is 1. The van der Waals surface area contributed by atoms with E-state index in [1.165, 1.54) is 5.56 Å². The summed E-state index contributed by atoms with van der Waals surface area (Å²) >= 11 is 0. The topological polar surface area (TPSA) is 64.7 Å². The monoisotopic (exact) mass is 318 g/mol. The molecular weight excluding hydrogens is 292 g/mol. The molecule has 0 aliphatic carbocycles. The van der Waals surface area contributed by atoms with Gasteiger partial charge in [-0.3, -0.25) is 4.79 Å². The normalized spacial score (nSPS) is 17.8. The molecule has 1 atom stereocenters. The average molecular weight is 318 g/mol. The highest BCUT2D eigenvalue weighted by Gasteiger charge is 2.23. The zero-order valence-electron chi connectivity index (χ0n) is 14.1. The molecule has 1 aliphatic heterocycles. The molecule has 1 aromatic rings. The van der Waals surface area contributed by atoms with Crippen LogP contribution >= 0.6 is 0 Å². The fourth-order valence-corrected chi connectivity index (χ4v) is 2.65. The van der Waals surface area contributed by atoms with Crippen molar-refractivity contribution in [1.82, 2.24) is 15.5 Å². The maximum absolute atomic E-state index is 11.9. The van der Waals surface area contributed by atoms with Crippen molar-refractivity contribution in [3.05, 3.63) is 29.8 Å². The first-order valence-corrected chi connectivity index (χ1v) is 8.00. The first-order chi connectivity index (χ1) is 11.0. The SMILES string of the molecule is CN1C[C@@H](NC(=O)NCCc2ccc(N(C)C)cc2)CCC1=O. The van der Waals surface area contributed by atoms with Gasteiger partial charge in [0.15, 0.2) is 0 Å². The van der Waals surface area contributed by atoms with Crippen molar-refractivity contribution in [1.29, 1.82) is 0 Å². The molecule has 1 saturated heterocycles. The van der Waals surface area contributed by atoms with Gasteiger partial charge < -0.3 is 20.4 Å². The zero-order chi connectivity index (χ0) is 16.8. The lowest BCUT2D eigenvalue weighted by atomic mass is 10.1. The predicted molar refractivity (Wildman–Crippen MR) is 91.7 cm³/mol. The van der Waals surface area contributed by atoms with Crippen LogP contribution in [0.3, 0.4) is 0 Å². The van der Waals surface area contributed by atoms with Gasteiger partial charge in [0.2, 0.25) is 5.91 Å². The molecule has 0 radical (unpaired) electrons. The fraction of sp³-hybridized carbons (Fsp3) is 0.529. The number of hydrogen-bond acceptors (Lipinski definition) is 3. The number of benzene rings is 1. The van der Waals surface area contributed by atoms with Gasteiger partial charge in [0.1, 0.15) is 0 Å². The van der Waals surface area contributed by atoms with Gasteiger partial charge in [-0.15, -0.1) is 0 Å². The van der Waals surface area contributed by atoms with Crippen LogP contribution in [0.1, 0.15) is 18.4 Å². The second-order valence-electron chi connectivity index (χ2n) is 6.22. The van der Waals surface area contributed by atoms with Crippen LogP contribution in [0.4, 0.5) is 10.5 Å². The smallest absolute Gasteiger partial charge is 0.315 e. The molecule has 1 heterocycles. The lowest BCUT2D eigenvalue weighted by molar-refractivity contribution is -0.132. The number of piperidine rings is 1. The van der Waals surface area contributed by atoms with Crippen LogP contribution in [-0.2, 0) is 11.2 Å². The molecule has 0 unspecified atom stereocenters. The summed E-state index contributed by atoms with van der Waals surface area (Å²) in [5, 5.41) is 5.81. The largest absolute Gasteiger partial charge is 0.378 e. The van der Waals surface area contributed by atoms with E-state index in [1.807, 2.05) is 14.1 Å². The number of nitrogens with zero attached hydrogens (tertiary/aromatic N) is 2. The van der Waals surface area contributed by atoms with Crippen LogP contribution < -0.4 is 15.5 Å². The lowest BCUT2D eigenvalue weighted by Crippen LogP contribution is -2.51. The molecule has 2 N–H and O–H groups in total. The van der Waals surface area contributed by atoms with Crippen molar-refractivity contribution in [2.75, 3.05) is 39.1 Å². The minimum absolute atomic E-state index is 0.0390. The Labute approximate surface area is 137 Å². The second-order valence-corrected chi connectivity index (χ2v) is 6.22. The standard InChI is InChI=1S/C17H26N4O2/c1-20(2)15-7-4-13(5-8-15)10-11-18-17(23)19-14-6-9-16(22)21(3)12-14/h4-5,7-8,14H,6,9-12H2,1-3H3,(H2,18,19,23)/t14-/m0/s1. The summed E-state index contributed by atoms with van der Waals surface area (Å²) in [6.07, 6.45) is 2.01. The number of likely N-dealkylation sites (tertiary alicyclic amines) is 1. The van der Waals surface area contributed by atoms with Gasteiger partial charge >= 0.3 is 6.03 Å². The Morgan fingerprint density at radius 2 is 2.00 bits per heavy atom. The highest BCUT2D eigenvalue weighted by molar-refractivity contribution is 5.78. The van der Waals surface area contributed by atoms with Crippen LogP contribution in [0.5, 0.6) is 0 Å². The molecule has 6 heteroatoms. The van der Waals surface area contributed by atoms with Gasteiger partial charge in [0, 0.05) is 52.4 Å². The number of amides is 3. The fourth-order valence-electron chi connectivity index (χ4n) is 2.65. The minimum Gasteiger partial charge on any atom is -0.378 e. The number of rotatable bonds is 5. The molecule has 1 fully saturated rings. The molecule has 0 spiro atoms. The summed E-state index contributed by atoms with van der Waals surface area (Å²) in [6, 6.07) is 8.18. The van der Waals surface area contributed by atoms with E-state index in [1.54, 1.807) is 11.9 Å². The summed E-state index contributed by atoms with van der Waals surface area (Å²) < 4.78 is 0. The van der Waals surface area contributed by atoms with Crippen molar-refractivity contribution in [3.63, 3.8) is 0 Å². The van der Waals surface area contributed by atoms with Crippen molar-refractivity contribution in [2.45, 2.75) is 25.3 Å². The van der Waals surface area contributed by atoms with Crippen molar-refractivity contribution < 1.29 is 9.59 Å². The first kappa shape index (κ1) is 17.1. The zero-order valence-corrected chi connectivity index (χ0v) is 14.1. The van der Waals surface area contributed by atoms with E-state index < -0.39 is 0 Å². The van der Waals surface area contributed by atoms with E-state index >= 15 is 0 Å². The Bertz CT molecular complexity index is 542. The highest BCUT2D eigenvalue weighted by Crippen LogP contribution is 2.12. The third kappa shape index (κ3) is 5.16. The molecule has 23 heavy (non-hydrogen) atoms. The number of likely N-dealkylation sites (N-methyl/N-ethyl adjacent to an activating group) is 1. The van der Waals surface area contributed by atoms with Gasteiger partial charge in [-0.1, -0.05) is 12.1 Å². The Balaban J connectivity index is 1.69. The van der Waals surface area contributed by atoms with Gasteiger partial charge in [0.05, 0.1) is 0 Å². The first-order valence-electron chi connectivity index (χ1n) is 8.00. The van der Waals surface area contributed by atoms with Gasteiger partial charge in [-0.05, 0) is 30.5 Å². The quantitative estimate of drug-likeness (QED) is 0.858. The molecule has 2 rings (SSSR count). The van der Waals surface area contributed by atoms with Crippen LogP contribution in [0.15, 0.2) is 24.3 Å². The number of carbonyl (C=O) groups excluding carboxylic acids is 2. The van der Waals surface area contributed by atoms with Crippen LogP contribution in [0.2, 0.25) is 0 Å². The molecule has 6 nitrogen and oxygen atoms in total. The van der Waals surface area contributed by atoms with Crippen LogP contribution in [-0.4, -0.2) is 57.1 Å². The Kier molecular flexibility index (Phi) is 5.84. The van der Waals surface area contributed by atoms with E-state index in [4.69, 9.17) is 0 Å². The van der Waals surface area contributed by atoms with Gasteiger partial charge in [-0.2, -0.15) is 0 Å². The summed E-state index contributed by atoms with van der Waals surface area (Å²) in [4.78, 5) is 27.0. The van der Waals surface area contributed by atoms with Crippen molar-refractivity contribution in [3.8, 4) is 0 Å². The average Bonchev–Trinajstić information content (AvgIpc) is 2.51. The van der Waals surface area contributed by atoms with Crippen molar-refractivity contribution in [2.24, 2.45) is 0 Å². The molecule has 3 amide bonds. The van der Waals surface area contributed by atoms with Crippen LogP contribution in [0, 0.1) is 0 Å². The summed E-state index contributed by atoms with van der Waals surface area (Å²) in [5.41, 5.74) is 2.36. The maximum atomic E-state index is 11.9. The summed E-state index contributed by atoms with van der Waals surface area (Å²) in [7, 11) is 5.79. The Hall–Kier alpha value is -2.24. The highest BCUT2D eigenvalue weighted by atomic mass is 16.2. The Morgan fingerprint density at radius 3 is 2.61 bits per heavy atom. The van der Waals surface area contributed by atoms with E-state index in [9.17, 15) is 9.59 Å². The lowest BCUT2D eigenvalue weighted by Gasteiger charge is -2.30. The number of hydrogen-bond donors (Lipinski definition) is 2. The predicted octanol–water partition coefficient (Wildman–Crippen LogP) is 1.22. The second kappa shape index (κ2) is 7.85. The summed E-state index contributed by atoms with van der Waals surface area (Å²) in [6.45, 7) is 1.17. The minimum atomic E-state index is -0.164. The molecule has 0 aromatic heterocycles. The molecule has 1 aliphatic rings. The molecule has 0 saturated carbocycles.